The molecule has 0 aromatic heterocycles. The number of rotatable bonds is 5. The minimum absolute atomic E-state index is 0.149. The molecule has 0 unspecified atom stereocenters. The van der Waals surface area contributed by atoms with Crippen LogP contribution in [-0.2, 0) is 0 Å². The lowest BCUT2D eigenvalue weighted by Gasteiger charge is -2.10. The van der Waals surface area contributed by atoms with Crippen LogP contribution in [0.3, 0.4) is 0 Å². The molecule has 0 saturated carbocycles. The molecule has 0 aliphatic carbocycles. The molecule has 0 spiro atoms. The second kappa shape index (κ2) is 5.56. The van der Waals surface area contributed by atoms with Crippen LogP contribution in [0.5, 0.6) is 5.75 Å². The summed E-state index contributed by atoms with van der Waals surface area (Å²) in [5.41, 5.74) is 5.49. The minimum atomic E-state index is -0.430. The Kier molecular flexibility index (Phi) is 4.37. The van der Waals surface area contributed by atoms with Crippen LogP contribution in [0.2, 0.25) is 0 Å². The van der Waals surface area contributed by atoms with Crippen molar-refractivity contribution in [3.63, 3.8) is 0 Å². The van der Waals surface area contributed by atoms with E-state index in [1.54, 1.807) is 6.07 Å². The van der Waals surface area contributed by atoms with Crippen molar-refractivity contribution in [1.82, 2.24) is 4.90 Å². The summed E-state index contributed by atoms with van der Waals surface area (Å²) in [6.07, 6.45) is 0.916. The fourth-order valence-corrected chi connectivity index (χ4v) is 1.17. The van der Waals surface area contributed by atoms with Crippen LogP contribution in [0, 0.1) is 5.82 Å². The van der Waals surface area contributed by atoms with Crippen molar-refractivity contribution in [2.75, 3.05) is 33.0 Å². The highest BCUT2D eigenvalue weighted by Gasteiger charge is 2.00. The molecule has 0 heterocycles. The molecule has 0 atom stereocenters. The molecular formula is C11H17FN2O. The first kappa shape index (κ1) is 11.8. The molecule has 0 radical (unpaired) electrons. The Labute approximate surface area is 89.6 Å². The molecule has 3 nitrogen and oxygen atoms in total. The highest BCUT2D eigenvalue weighted by molar-refractivity contribution is 5.43. The zero-order chi connectivity index (χ0) is 11.3. The molecule has 0 aliphatic rings. The van der Waals surface area contributed by atoms with Gasteiger partial charge in [-0.15, -0.1) is 0 Å². The average Bonchev–Trinajstić information content (AvgIpc) is 2.18. The van der Waals surface area contributed by atoms with Crippen molar-refractivity contribution in [2.24, 2.45) is 0 Å². The summed E-state index contributed by atoms with van der Waals surface area (Å²) in [5.74, 6) is 0.0977. The van der Waals surface area contributed by atoms with E-state index in [1.165, 1.54) is 12.1 Å². The van der Waals surface area contributed by atoms with Crippen molar-refractivity contribution in [2.45, 2.75) is 6.42 Å². The molecule has 4 heteroatoms. The number of nitrogen functional groups attached to an aromatic ring is 1. The van der Waals surface area contributed by atoms with E-state index in [2.05, 4.69) is 4.90 Å². The van der Waals surface area contributed by atoms with E-state index in [1.807, 2.05) is 14.1 Å². The largest absolute Gasteiger partial charge is 0.493 e. The molecule has 2 N–H and O–H groups in total. The predicted octanol–water partition coefficient (Wildman–Crippen LogP) is 1.74. The first-order chi connectivity index (χ1) is 7.09. The maximum Gasteiger partial charge on any atom is 0.149 e. The van der Waals surface area contributed by atoms with Crippen molar-refractivity contribution in [3.05, 3.63) is 24.0 Å². The molecule has 15 heavy (non-hydrogen) atoms. The van der Waals surface area contributed by atoms with Crippen LogP contribution in [-0.4, -0.2) is 32.1 Å². The number of halogens is 1. The topological polar surface area (TPSA) is 38.5 Å². The van der Waals surface area contributed by atoms with Crippen molar-refractivity contribution < 1.29 is 9.13 Å². The van der Waals surface area contributed by atoms with Gasteiger partial charge in [0.1, 0.15) is 11.6 Å². The van der Waals surface area contributed by atoms with E-state index in [0.29, 0.717) is 12.4 Å². The number of anilines is 1. The molecule has 84 valence electrons. The minimum Gasteiger partial charge on any atom is -0.493 e. The van der Waals surface area contributed by atoms with Gasteiger partial charge in [-0.2, -0.15) is 0 Å². The second-order valence-electron chi connectivity index (χ2n) is 3.69. The van der Waals surface area contributed by atoms with Crippen LogP contribution >= 0.6 is 0 Å². The van der Waals surface area contributed by atoms with Crippen LogP contribution in [0.15, 0.2) is 18.2 Å². The van der Waals surface area contributed by atoms with Crippen LogP contribution < -0.4 is 10.5 Å². The Bertz CT molecular complexity index is 315. The number of nitrogens with two attached hydrogens (primary N) is 1. The number of hydrogen-bond donors (Lipinski definition) is 1. The lowest BCUT2D eigenvalue weighted by Crippen LogP contribution is -2.15. The van der Waals surface area contributed by atoms with E-state index in [-0.39, 0.29) is 5.69 Å². The molecule has 0 bridgehead atoms. The molecular weight excluding hydrogens is 195 g/mol. The summed E-state index contributed by atoms with van der Waals surface area (Å²) < 4.78 is 18.4. The summed E-state index contributed by atoms with van der Waals surface area (Å²) in [6.45, 7) is 1.54. The third-order valence-electron chi connectivity index (χ3n) is 1.99. The Hall–Kier alpha value is -1.29. The van der Waals surface area contributed by atoms with E-state index >= 15 is 0 Å². The van der Waals surface area contributed by atoms with Gasteiger partial charge in [-0.05, 0) is 32.6 Å². The first-order valence-electron chi connectivity index (χ1n) is 4.92. The molecule has 1 aromatic rings. The predicted molar refractivity (Wildman–Crippen MR) is 59.5 cm³/mol. The Balaban J connectivity index is 2.35. The molecule has 1 rings (SSSR count). The van der Waals surface area contributed by atoms with Gasteiger partial charge in [0.2, 0.25) is 0 Å². The lowest BCUT2D eigenvalue weighted by atomic mass is 10.3. The lowest BCUT2D eigenvalue weighted by molar-refractivity contribution is 0.280. The van der Waals surface area contributed by atoms with E-state index in [4.69, 9.17) is 10.5 Å². The maximum absolute atomic E-state index is 13.0. The smallest absolute Gasteiger partial charge is 0.149 e. The Morgan fingerprint density at radius 1 is 1.40 bits per heavy atom. The van der Waals surface area contributed by atoms with Gasteiger partial charge < -0.3 is 15.4 Å². The van der Waals surface area contributed by atoms with Crippen molar-refractivity contribution in [3.8, 4) is 5.75 Å². The fraction of sp³-hybridized carbons (Fsp3) is 0.455. The Morgan fingerprint density at radius 2 is 2.13 bits per heavy atom. The molecule has 0 fully saturated rings. The van der Waals surface area contributed by atoms with Gasteiger partial charge in [0.25, 0.3) is 0 Å². The standard InChI is InChI=1S/C11H17FN2O/c1-14(2)6-3-7-15-9-4-5-11(13)10(12)8-9/h4-5,8H,3,6-7,13H2,1-2H3. The third-order valence-corrected chi connectivity index (χ3v) is 1.99. The number of nitrogens with zero attached hydrogens (tertiary/aromatic N) is 1. The molecule has 0 aliphatic heterocycles. The highest BCUT2D eigenvalue weighted by atomic mass is 19.1. The molecule has 0 saturated heterocycles. The summed E-state index contributed by atoms with van der Waals surface area (Å²) in [5, 5.41) is 0. The van der Waals surface area contributed by atoms with Gasteiger partial charge in [-0.25, -0.2) is 4.39 Å². The third kappa shape index (κ3) is 4.16. The Morgan fingerprint density at radius 3 is 2.73 bits per heavy atom. The summed E-state index contributed by atoms with van der Waals surface area (Å²) in [7, 11) is 4.01. The van der Waals surface area contributed by atoms with Gasteiger partial charge in [0.05, 0.1) is 12.3 Å². The zero-order valence-electron chi connectivity index (χ0n) is 9.16. The monoisotopic (exact) mass is 212 g/mol. The van der Waals surface area contributed by atoms with Crippen molar-refractivity contribution >= 4 is 5.69 Å². The van der Waals surface area contributed by atoms with Gasteiger partial charge in [-0.1, -0.05) is 0 Å². The van der Waals surface area contributed by atoms with Crippen LogP contribution in [0.4, 0.5) is 10.1 Å². The highest BCUT2D eigenvalue weighted by Crippen LogP contribution is 2.17. The van der Waals surface area contributed by atoms with Crippen molar-refractivity contribution in [1.29, 1.82) is 0 Å². The summed E-state index contributed by atoms with van der Waals surface area (Å²) in [4.78, 5) is 2.08. The zero-order valence-corrected chi connectivity index (χ0v) is 9.16. The quantitative estimate of drug-likeness (QED) is 0.597. The second-order valence-corrected chi connectivity index (χ2v) is 3.69. The van der Waals surface area contributed by atoms with Gasteiger partial charge >= 0.3 is 0 Å². The molecule has 0 amide bonds. The van der Waals surface area contributed by atoms with Gasteiger partial charge in [0.15, 0.2) is 0 Å². The number of hydrogen-bond acceptors (Lipinski definition) is 3. The van der Waals surface area contributed by atoms with E-state index in [0.717, 1.165) is 13.0 Å². The first-order valence-corrected chi connectivity index (χ1v) is 4.92. The number of ether oxygens (including phenoxy) is 1. The van der Waals surface area contributed by atoms with Gasteiger partial charge in [-0.3, -0.25) is 0 Å². The van der Waals surface area contributed by atoms with E-state index < -0.39 is 5.82 Å². The van der Waals surface area contributed by atoms with Crippen LogP contribution in [0.1, 0.15) is 6.42 Å². The normalized spacial score (nSPS) is 10.7. The average molecular weight is 212 g/mol. The van der Waals surface area contributed by atoms with E-state index in [9.17, 15) is 4.39 Å². The maximum atomic E-state index is 13.0. The van der Waals surface area contributed by atoms with Gasteiger partial charge in [0, 0.05) is 12.6 Å². The summed E-state index contributed by atoms with van der Waals surface area (Å²) in [6, 6.07) is 4.50. The summed E-state index contributed by atoms with van der Waals surface area (Å²) >= 11 is 0. The fourth-order valence-electron chi connectivity index (χ4n) is 1.17. The molecule has 1 aromatic carbocycles. The SMILES string of the molecule is CN(C)CCCOc1ccc(N)c(F)c1. The van der Waals surface area contributed by atoms with Crippen LogP contribution in [0.25, 0.3) is 0 Å². The number of benzene rings is 1.